The van der Waals surface area contributed by atoms with Gasteiger partial charge in [-0.05, 0) is 224 Å². The third-order valence-electron chi connectivity index (χ3n) is 23.4. The first kappa shape index (κ1) is 52.6. The Morgan fingerprint density at radius 2 is 1.15 bits per heavy atom. The second kappa shape index (κ2) is 22.2. The molecule has 1 aromatic heterocycles. The number of halogens is 1. The highest BCUT2D eigenvalue weighted by Crippen LogP contribution is 2.72. The van der Waals surface area contributed by atoms with Gasteiger partial charge in [0.15, 0.2) is 0 Å². The van der Waals surface area contributed by atoms with Crippen LogP contribution in [0.1, 0.15) is 199 Å². The Hall–Kier alpha value is -0.710. The number of hydrogen-bond acceptors (Lipinski definition) is 6. The molecule has 8 aliphatic carbocycles. The molecular formula is C59H101IN2O5. The van der Waals surface area contributed by atoms with E-state index in [9.17, 15) is 20.1 Å². The predicted octanol–water partition coefficient (Wildman–Crippen LogP) is 14.5. The molecule has 8 saturated carbocycles. The minimum atomic E-state index is -0.341. The van der Waals surface area contributed by atoms with E-state index in [4.69, 9.17) is 6.11 Å². The highest BCUT2D eigenvalue weighted by Gasteiger charge is 2.66. The molecule has 8 aliphatic rings. The molecule has 0 aliphatic heterocycles. The third-order valence-corrected chi connectivity index (χ3v) is 23.4. The average Bonchev–Trinajstić information content (AvgIpc) is 4.07. The maximum absolute atomic E-state index is 12.1. The summed E-state index contributed by atoms with van der Waals surface area (Å²) in [7, 11) is 0. The van der Waals surface area contributed by atoms with Gasteiger partial charge in [-0.15, -0.1) is 0 Å². The van der Waals surface area contributed by atoms with E-state index in [2.05, 4.69) is 74.2 Å². The molecule has 0 bridgehead atoms. The minimum Gasteiger partial charge on any atom is -0.449 e. The first-order chi connectivity index (χ1) is 32.4. The Morgan fingerprint density at radius 1 is 0.716 bits per heavy atom. The van der Waals surface area contributed by atoms with Crippen LogP contribution in [0.15, 0.2) is 18.7 Å². The molecule has 9 rings (SSSR count). The van der Waals surface area contributed by atoms with Gasteiger partial charge in [-0.1, -0.05) is 118 Å². The summed E-state index contributed by atoms with van der Waals surface area (Å²) in [4.78, 5) is 16.5. The quantitative estimate of drug-likeness (QED) is 0.116. The molecule has 7 nitrogen and oxygen atoms in total. The molecule has 1 heterocycles. The molecule has 8 fully saturated rings. The van der Waals surface area contributed by atoms with Crippen molar-refractivity contribution in [2.24, 2.45) is 116 Å². The van der Waals surface area contributed by atoms with Gasteiger partial charge in [0, 0.05) is 20.4 Å². The van der Waals surface area contributed by atoms with Crippen LogP contribution in [0.5, 0.6) is 0 Å². The van der Waals surface area contributed by atoms with Gasteiger partial charge < -0.3 is 20.1 Å². The number of ether oxygens (including phenoxy) is 1. The molecular weight excluding hydrogens is 944 g/mol. The smallest absolute Gasteiger partial charge is 0.419 e. The number of aliphatic hydroxyl groups is 3. The van der Waals surface area contributed by atoms with E-state index >= 15 is 0 Å². The SMILES string of the molecule is CC[C@H]1[C@@H](O)[C@@H]2[C@H](CC[C@]3(C)[C@@H]([C@H](C)CCCO)CC[C@@H]23)[C@@]2(C)CC[C@@H](C)C[C@@H]12.CC[C@H]1[C@@H](O)[C@@H]2[C@H](CC[C@]3(C)[C@@H]([C@H](C)CCCOC(=O)n4ccnc4)CC[C@@H]23)[C@@]2(C)CC[C@@H](C)C[C@@H]12.[2H]CI. The van der Waals surface area contributed by atoms with Crippen LogP contribution in [0.2, 0.25) is 0 Å². The fourth-order valence-electron chi connectivity index (χ4n) is 20.1. The van der Waals surface area contributed by atoms with Crippen molar-refractivity contribution in [3.63, 3.8) is 0 Å². The number of hydrogen-bond donors (Lipinski definition) is 3. The summed E-state index contributed by atoms with van der Waals surface area (Å²) in [5, 5.41) is 33.1. The fourth-order valence-corrected chi connectivity index (χ4v) is 20.1. The van der Waals surface area contributed by atoms with Gasteiger partial charge in [-0.3, -0.25) is 0 Å². The van der Waals surface area contributed by atoms with E-state index in [1.807, 2.05) is 22.6 Å². The number of rotatable bonds is 11. The molecule has 0 aromatic carbocycles. The van der Waals surface area contributed by atoms with Crippen LogP contribution in [-0.4, -0.2) is 61.3 Å². The number of carbonyl (C=O) groups is 1. The molecule has 3 N–H and O–H groups in total. The lowest BCUT2D eigenvalue weighted by molar-refractivity contribution is -0.198. The summed E-state index contributed by atoms with van der Waals surface area (Å²) in [6.45, 7) is 25.6. The maximum Gasteiger partial charge on any atom is 0.419 e. The van der Waals surface area contributed by atoms with Crippen LogP contribution in [0, 0.1) is 116 Å². The van der Waals surface area contributed by atoms with Crippen LogP contribution < -0.4 is 0 Å². The zero-order chi connectivity index (χ0) is 49.3. The number of aromatic nitrogens is 2. The number of aliphatic hydroxyl groups excluding tert-OH is 3. The molecule has 0 unspecified atom stereocenters. The van der Waals surface area contributed by atoms with Crippen LogP contribution in [-0.2, 0) is 4.74 Å². The number of imidazole rings is 1. The lowest BCUT2D eigenvalue weighted by Crippen LogP contribution is -2.61. The lowest BCUT2D eigenvalue weighted by Gasteiger charge is -2.65. The molecule has 0 radical (unpaired) electrons. The average molecular weight is 1050 g/mol. The monoisotopic (exact) mass is 1050 g/mol. The van der Waals surface area contributed by atoms with Crippen molar-refractivity contribution in [2.75, 3.05) is 18.1 Å². The summed E-state index contributed by atoms with van der Waals surface area (Å²) in [5.74, 6) is 10.7. The van der Waals surface area contributed by atoms with E-state index in [1.165, 1.54) is 101 Å². The molecule has 22 atom stereocenters. The number of fused-ring (bicyclic) bond motifs is 10. The van der Waals surface area contributed by atoms with Gasteiger partial charge in [-0.2, -0.15) is 0 Å². The van der Waals surface area contributed by atoms with Gasteiger partial charge in [0.2, 0.25) is 0 Å². The van der Waals surface area contributed by atoms with E-state index in [-0.39, 0.29) is 18.3 Å². The van der Waals surface area contributed by atoms with Crippen molar-refractivity contribution in [1.82, 2.24) is 9.55 Å². The first-order valence-corrected chi connectivity index (χ1v) is 29.9. The highest BCUT2D eigenvalue weighted by atomic mass is 127. The van der Waals surface area contributed by atoms with Crippen molar-refractivity contribution >= 4 is 28.7 Å². The number of carbonyl (C=O) groups excluding carboxylic acids is 1. The van der Waals surface area contributed by atoms with Gasteiger partial charge in [0.25, 0.3) is 0 Å². The van der Waals surface area contributed by atoms with Crippen LogP contribution in [0.25, 0.3) is 0 Å². The Labute approximate surface area is 425 Å². The van der Waals surface area contributed by atoms with E-state index in [0.29, 0.717) is 105 Å². The zero-order valence-corrected chi connectivity index (χ0v) is 46.5. The van der Waals surface area contributed by atoms with Gasteiger partial charge in [0.05, 0.1) is 18.8 Å². The van der Waals surface area contributed by atoms with Crippen molar-refractivity contribution in [1.29, 1.82) is 0 Å². The predicted molar refractivity (Wildman–Crippen MR) is 283 cm³/mol. The van der Waals surface area contributed by atoms with E-state index in [0.717, 1.165) is 68.1 Å². The largest absolute Gasteiger partial charge is 0.449 e. The van der Waals surface area contributed by atoms with Crippen molar-refractivity contribution < 1.29 is 26.2 Å². The third kappa shape index (κ3) is 9.81. The first-order valence-electron chi connectivity index (χ1n) is 29.1. The number of alkyl halides is 1. The van der Waals surface area contributed by atoms with Crippen LogP contribution in [0.4, 0.5) is 4.79 Å². The molecule has 384 valence electrons. The van der Waals surface area contributed by atoms with Crippen LogP contribution in [0.3, 0.4) is 0 Å². The van der Waals surface area contributed by atoms with Gasteiger partial charge >= 0.3 is 6.09 Å². The lowest BCUT2D eigenvalue weighted by atomic mass is 9.41. The van der Waals surface area contributed by atoms with E-state index in [1.54, 1.807) is 12.4 Å². The topological polar surface area (TPSA) is 105 Å². The summed E-state index contributed by atoms with van der Waals surface area (Å²) in [6, 6.07) is 0. The normalized spacial score (nSPS) is 47.3. The maximum atomic E-state index is 12.1. The fraction of sp³-hybridized carbons (Fsp3) is 0.932. The Bertz CT molecular complexity index is 1750. The van der Waals surface area contributed by atoms with Crippen molar-refractivity contribution in [3.05, 3.63) is 18.7 Å². The molecule has 0 saturated heterocycles. The van der Waals surface area contributed by atoms with Crippen molar-refractivity contribution in [2.45, 2.75) is 210 Å². The van der Waals surface area contributed by atoms with Crippen molar-refractivity contribution in [3.8, 4) is 0 Å². The molecule has 1 aromatic rings. The van der Waals surface area contributed by atoms with E-state index < -0.39 is 0 Å². The Morgan fingerprint density at radius 3 is 1.57 bits per heavy atom. The van der Waals surface area contributed by atoms with Gasteiger partial charge in [0.1, 0.15) is 6.33 Å². The molecule has 8 heteroatoms. The molecule has 0 amide bonds. The highest BCUT2D eigenvalue weighted by molar-refractivity contribution is 14.1. The van der Waals surface area contributed by atoms with Gasteiger partial charge in [-0.25, -0.2) is 14.3 Å². The minimum absolute atomic E-state index is 0.0792. The standard InChI is InChI=1S/C31H50N2O3.C27H48O2.CH3I/c1-6-22-26-18-20(2)11-13-31(26,5)25-12-14-30(4)23(9-10-24(30)27(25)28(22)34)21(3)8-7-17-36-29(35)33-16-15-32-19-33;1-6-19-23-16-17(2)11-13-27(23,5)22-12-14-26(4)20(18(3)8-7-15-28)9-10-21(26)24(22)25(19)29;1-2/h15-16,19-28,34H,6-14,17-18H2,1-5H3;17-25,28-29H,6-16H2,1-5H3;1H3/t20-,21-,22-,23-,24+,25+,26+,27+,28-,30-,31-;17-,18-,19-,20-,21+,22+,23+,24+,25-,26-,27-;/m11./s1/i;;1D. The summed E-state index contributed by atoms with van der Waals surface area (Å²) in [5.41, 5.74) is 1.61. The zero-order valence-electron chi connectivity index (χ0n) is 45.3. The second-order valence-electron chi connectivity index (χ2n) is 26.2. The summed E-state index contributed by atoms with van der Waals surface area (Å²) < 4.78 is 13.0. The summed E-state index contributed by atoms with van der Waals surface area (Å²) >= 11 is 1.96. The number of nitrogens with zero attached hydrogens (tertiary/aromatic N) is 2. The Balaban J connectivity index is 0.000000194. The second-order valence-corrected chi connectivity index (χ2v) is 26.2. The summed E-state index contributed by atoms with van der Waals surface area (Å²) in [6.07, 6.45) is 29.3. The Kier molecular flexibility index (Phi) is 17.4. The van der Waals surface area contributed by atoms with Crippen LogP contribution >= 0.6 is 22.6 Å². The molecule has 0 spiro atoms. The molecule has 67 heavy (non-hydrogen) atoms.